The first kappa shape index (κ1) is 13.0. The monoisotopic (exact) mass is 274 g/mol. The summed E-state index contributed by atoms with van der Waals surface area (Å²) in [6, 6.07) is 7.54. The maximum Gasteiger partial charge on any atom is 0.223 e. The predicted octanol–water partition coefficient (Wildman–Crippen LogP) is 1.34. The highest BCUT2D eigenvalue weighted by atomic mass is 32.1. The quantitative estimate of drug-likeness (QED) is 0.566. The molecule has 0 bridgehead atoms. The Labute approximate surface area is 114 Å². The van der Waals surface area contributed by atoms with Crippen LogP contribution in [0.1, 0.15) is 5.01 Å². The van der Waals surface area contributed by atoms with Gasteiger partial charge in [0.1, 0.15) is 0 Å². The summed E-state index contributed by atoms with van der Waals surface area (Å²) in [4.78, 5) is 12.2. The van der Waals surface area contributed by atoms with E-state index in [1.165, 1.54) is 0 Å². The molecular formula is C12H14N6S. The lowest BCUT2D eigenvalue weighted by atomic mass is 10.1. The Kier molecular flexibility index (Phi) is 3.76. The highest BCUT2D eigenvalue weighted by Gasteiger charge is 2.03. The van der Waals surface area contributed by atoms with Crippen LogP contribution >= 0.6 is 11.3 Å². The molecule has 2 aromatic rings. The summed E-state index contributed by atoms with van der Waals surface area (Å²) in [7, 11) is 0. The molecule has 19 heavy (non-hydrogen) atoms. The van der Waals surface area contributed by atoms with Crippen molar-refractivity contribution in [3.05, 3.63) is 34.7 Å². The molecule has 1 heterocycles. The van der Waals surface area contributed by atoms with Crippen molar-refractivity contribution >= 4 is 28.9 Å². The van der Waals surface area contributed by atoms with Crippen LogP contribution in [0.15, 0.2) is 39.6 Å². The van der Waals surface area contributed by atoms with E-state index >= 15 is 0 Å². The van der Waals surface area contributed by atoms with E-state index < -0.39 is 0 Å². The molecule has 0 atom stereocenters. The molecular weight excluding hydrogens is 260 g/mol. The van der Waals surface area contributed by atoms with Crippen molar-refractivity contribution < 1.29 is 0 Å². The number of thiazole rings is 1. The fraction of sp³-hybridized carbons (Fsp3) is 0.0833. The van der Waals surface area contributed by atoms with E-state index in [9.17, 15) is 0 Å². The van der Waals surface area contributed by atoms with Gasteiger partial charge in [-0.1, -0.05) is 12.1 Å². The second kappa shape index (κ2) is 5.49. The molecule has 1 aromatic heterocycles. The number of aromatic nitrogens is 1. The van der Waals surface area contributed by atoms with Gasteiger partial charge in [0.2, 0.25) is 5.96 Å². The van der Waals surface area contributed by atoms with E-state index in [1.807, 2.05) is 36.6 Å². The summed E-state index contributed by atoms with van der Waals surface area (Å²) >= 11 is 1.60. The van der Waals surface area contributed by atoms with Crippen LogP contribution in [0.2, 0.25) is 0 Å². The molecule has 7 heteroatoms. The third kappa shape index (κ3) is 3.52. The Hall–Kier alpha value is -2.41. The average Bonchev–Trinajstić information content (AvgIpc) is 2.75. The average molecular weight is 274 g/mol. The van der Waals surface area contributed by atoms with Crippen molar-refractivity contribution in [2.45, 2.75) is 6.92 Å². The standard InChI is InChI=1S/C12H14N6S/c1-7-16-10(6-19-7)8-3-2-4-9(5-8)17-12(15)18-11(13)14/h2-6H,1H3,(H6,13,14,15,17,18). The minimum absolute atomic E-state index is 0.0200. The minimum atomic E-state index is -0.118. The van der Waals surface area contributed by atoms with Crippen molar-refractivity contribution in [1.82, 2.24) is 4.98 Å². The van der Waals surface area contributed by atoms with Crippen molar-refractivity contribution in [2.75, 3.05) is 0 Å². The predicted molar refractivity (Wildman–Crippen MR) is 79.4 cm³/mol. The highest BCUT2D eigenvalue weighted by molar-refractivity contribution is 7.09. The molecule has 0 spiro atoms. The van der Waals surface area contributed by atoms with Crippen LogP contribution in [0.25, 0.3) is 11.3 Å². The van der Waals surface area contributed by atoms with Gasteiger partial charge < -0.3 is 17.2 Å². The van der Waals surface area contributed by atoms with Crippen LogP contribution < -0.4 is 17.2 Å². The molecule has 2 rings (SSSR count). The largest absolute Gasteiger partial charge is 0.370 e. The van der Waals surface area contributed by atoms with Crippen LogP contribution in [0.4, 0.5) is 5.69 Å². The molecule has 0 amide bonds. The summed E-state index contributed by atoms with van der Waals surface area (Å²) < 4.78 is 0. The molecule has 0 fully saturated rings. The summed E-state index contributed by atoms with van der Waals surface area (Å²) in [6.07, 6.45) is 0. The number of nitrogens with zero attached hydrogens (tertiary/aromatic N) is 3. The van der Waals surface area contributed by atoms with E-state index in [4.69, 9.17) is 17.2 Å². The number of hydrogen-bond donors (Lipinski definition) is 3. The van der Waals surface area contributed by atoms with E-state index in [2.05, 4.69) is 15.0 Å². The Morgan fingerprint density at radius 1 is 1.26 bits per heavy atom. The number of rotatable bonds is 2. The van der Waals surface area contributed by atoms with Gasteiger partial charge in [-0.05, 0) is 19.1 Å². The molecule has 0 aliphatic heterocycles. The van der Waals surface area contributed by atoms with Gasteiger partial charge in [-0.2, -0.15) is 4.99 Å². The molecule has 0 radical (unpaired) electrons. The maximum atomic E-state index is 5.59. The third-order valence-electron chi connectivity index (χ3n) is 2.25. The zero-order valence-corrected chi connectivity index (χ0v) is 11.2. The lowest BCUT2D eigenvalue weighted by Gasteiger charge is -1.99. The molecule has 1 aromatic carbocycles. The topological polar surface area (TPSA) is 116 Å². The molecule has 0 saturated carbocycles. The number of hydrogen-bond acceptors (Lipinski definition) is 3. The fourth-order valence-electron chi connectivity index (χ4n) is 1.52. The lowest BCUT2D eigenvalue weighted by molar-refractivity contribution is 1.29. The van der Waals surface area contributed by atoms with Crippen LogP contribution in [0.5, 0.6) is 0 Å². The zero-order chi connectivity index (χ0) is 13.8. The molecule has 6 nitrogen and oxygen atoms in total. The second-order valence-corrected chi connectivity index (χ2v) is 4.87. The second-order valence-electron chi connectivity index (χ2n) is 3.81. The van der Waals surface area contributed by atoms with Gasteiger partial charge in [0.05, 0.1) is 16.4 Å². The zero-order valence-electron chi connectivity index (χ0n) is 10.4. The highest BCUT2D eigenvalue weighted by Crippen LogP contribution is 2.25. The molecule has 0 unspecified atom stereocenters. The van der Waals surface area contributed by atoms with Crippen molar-refractivity contribution in [3.63, 3.8) is 0 Å². The van der Waals surface area contributed by atoms with E-state index in [1.54, 1.807) is 11.3 Å². The van der Waals surface area contributed by atoms with Crippen molar-refractivity contribution in [3.8, 4) is 11.3 Å². The first-order chi connectivity index (χ1) is 9.04. The Morgan fingerprint density at radius 3 is 2.68 bits per heavy atom. The van der Waals surface area contributed by atoms with Crippen molar-refractivity contribution in [1.29, 1.82) is 0 Å². The Morgan fingerprint density at radius 2 is 2.05 bits per heavy atom. The lowest BCUT2D eigenvalue weighted by Crippen LogP contribution is -2.26. The SMILES string of the molecule is Cc1nc(-c2cccc(N=C(N)N=C(N)N)c2)cs1. The van der Waals surface area contributed by atoms with Gasteiger partial charge in [0, 0.05) is 10.9 Å². The van der Waals surface area contributed by atoms with E-state index in [-0.39, 0.29) is 11.9 Å². The summed E-state index contributed by atoms with van der Waals surface area (Å²) in [5.41, 5.74) is 18.6. The first-order valence-corrected chi connectivity index (χ1v) is 6.39. The number of benzene rings is 1. The maximum absolute atomic E-state index is 5.59. The van der Waals surface area contributed by atoms with E-state index in [0.29, 0.717) is 5.69 Å². The number of aliphatic imine (C=N–C) groups is 2. The minimum Gasteiger partial charge on any atom is -0.370 e. The fourth-order valence-corrected chi connectivity index (χ4v) is 2.14. The first-order valence-electron chi connectivity index (χ1n) is 5.51. The van der Waals surface area contributed by atoms with E-state index in [0.717, 1.165) is 16.3 Å². The van der Waals surface area contributed by atoms with Gasteiger partial charge in [0.25, 0.3) is 0 Å². The van der Waals surface area contributed by atoms with Crippen LogP contribution in [0, 0.1) is 6.92 Å². The smallest absolute Gasteiger partial charge is 0.223 e. The van der Waals surface area contributed by atoms with Gasteiger partial charge in [-0.15, -0.1) is 11.3 Å². The van der Waals surface area contributed by atoms with Crippen LogP contribution in [-0.2, 0) is 0 Å². The third-order valence-corrected chi connectivity index (χ3v) is 3.02. The van der Waals surface area contributed by atoms with Crippen LogP contribution in [-0.4, -0.2) is 16.9 Å². The molecule has 6 N–H and O–H groups in total. The molecule has 0 aliphatic rings. The van der Waals surface area contributed by atoms with Gasteiger partial charge >= 0.3 is 0 Å². The van der Waals surface area contributed by atoms with Gasteiger partial charge in [0.15, 0.2) is 5.96 Å². The van der Waals surface area contributed by atoms with Gasteiger partial charge in [-0.25, -0.2) is 9.98 Å². The van der Waals surface area contributed by atoms with Gasteiger partial charge in [-0.3, -0.25) is 0 Å². The summed E-state index contributed by atoms with van der Waals surface area (Å²) in [5, 5.41) is 3.02. The normalized spacial score (nSPS) is 11.3. The molecule has 0 saturated heterocycles. The van der Waals surface area contributed by atoms with Crippen LogP contribution in [0.3, 0.4) is 0 Å². The molecule has 0 aliphatic carbocycles. The number of aryl methyl sites for hydroxylation is 1. The Balaban J connectivity index is 2.32. The summed E-state index contributed by atoms with van der Waals surface area (Å²) in [5.74, 6) is -0.0980. The number of nitrogens with two attached hydrogens (primary N) is 3. The van der Waals surface area contributed by atoms with Crippen molar-refractivity contribution in [2.24, 2.45) is 27.2 Å². The summed E-state index contributed by atoms with van der Waals surface area (Å²) in [6.45, 7) is 1.97. The Bertz CT molecular complexity index is 639. The number of guanidine groups is 2. The molecule has 98 valence electrons.